The molecule has 0 spiro atoms. The van der Waals surface area contributed by atoms with Crippen LogP contribution in [0.5, 0.6) is 0 Å². The highest BCUT2D eigenvalue weighted by molar-refractivity contribution is 6.16. The first-order valence-electron chi connectivity index (χ1n) is 7.91. The van der Waals surface area contributed by atoms with Crippen LogP contribution in [0.3, 0.4) is 0 Å². The van der Waals surface area contributed by atoms with Crippen LogP contribution in [0.1, 0.15) is 49.3 Å². The lowest BCUT2D eigenvalue weighted by atomic mass is 9.91. The molecule has 116 valence electrons. The molecule has 4 heterocycles. The Balaban J connectivity index is 0.000000693. The first-order valence-corrected chi connectivity index (χ1v) is 7.91. The second-order valence-corrected chi connectivity index (χ2v) is 5.48. The number of nitrogens with two attached hydrogens (primary N) is 1. The zero-order valence-electron chi connectivity index (χ0n) is 13.3. The van der Waals surface area contributed by atoms with Gasteiger partial charge in [-0.1, -0.05) is 13.8 Å². The fraction of sp³-hybridized carbons (Fsp3) is 0.500. The van der Waals surface area contributed by atoms with E-state index in [0.29, 0.717) is 11.2 Å². The van der Waals surface area contributed by atoms with Crippen LogP contribution in [0, 0.1) is 6.92 Å². The molecule has 0 aromatic carbocycles. The minimum absolute atomic E-state index is 0.0965. The SMILES string of the molecule is CC.Cc1cc2nc(N)nc3c2c(n1)C(=O)C1CCCCN31. The summed E-state index contributed by atoms with van der Waals surface area (Å²) in [5.74, 6) is 1.13. The molecule has 6 heteroatoms. The number of rotatable bonds is 0. The Morgan fingerprint density at radius 3 is 2.77 bits per heavy atom. The summed E-state index contributed by atoms with van der Waals surface area (Å²) in [6.45, 7) is 6.71. The lowest BCUT2D eigenvalue weighted by molar-refractivity contribution is 0.0938. The number of nitrogen functional groups attached to an aromatic ring is 1. The summed E-state index contributed by atoms with van der Waals surface area (Å²) in [6.07, 6.45) is 3.00. The van der Waals surface area contributed by atoms with Gasteiger partial charge in [0.15, 0.2) is 0 Å². The van der Waals surface area contributed by atoms with E-state index in [0.717, 1.165) is 42.7 Å². The third kappa shape index (κ3) is 2.10. The molecule has 2 aromatic rings. The molecule has 0 bridgehead atoms. The fourth-order valence-electron chi connectivity index (χ4n) is 3.28. The second kappa shape index (κ2) is 5.51. The van der Waals surface area contributed by atoms with Gasteiger partial charge in [-0.15, -0.1) is 0 Å². The van der Waals surface area contributed by atoms with Gasteiger partial charge in [0, 0.05) is 12.2 Å². The van der Waals surface area contributed by atoms with Crippen molar-refractivity contribution in [3.05, 3.63) is 17.5 Å². The zero-order valence-corrected chi connectivity index (χ0v) is 13.3. The van der Waals surface area contributed by atoms with E-state index in [2.05, 4.69) is 19.9 Å². The van der Waals surface area contributed by atoms with E-state index in [9.17, 15) is 4.79 Å². The van der Waals surface area contributed by atoms with Gasteiger partial charge < -0.3 is 10.6 Å². The number of aromatic nitrogens is 3. The fourth-order valence-corrected chi connectivity index (χ4v) is 3.28. The van der Waals surface area contributed by atoms with Crippen molar-refractivity contribution in [2.24, 2.45) is 0 Å². The number of piperidine rings is 1. The molecule has 2 N–H and O–H groups in total. The Hall–Kier alpha value is -2.24. The molecule has 0 saturated carbocycles. The van der Waals surface area contributed by atoms with E-state index in [1.54, 1.807) is 0 Å². The van der Waals surface area contributed by atoms with Crippen LogP contribution in [0.4, 0.5) is 11.8 Å². The standard InChI is InChI=1S/C14H15N5O.C2H6/c1-7-6-8-10-11(16-7)12(20)9-4-2-3-5-19(9)13(10)18-14(15)17-8;1-2/h6,9H,2-5H2,1H3,(H2,15,17,18);1-2H3. The summed E-state index contributed by atoms with van der Waals surface area (Å²) in [4.78, 5) is 27.8. The lowest BCUT2D eigenvalue weighted by Crippen LogP contribution is -2.48. The minimum atomic E-state index is -0.136. The monoisotopic (exact) mass is 299 g/mol. The maximum atomic E-state index is 12.7. The zero-order chi connectivity index (χ0) is 15.9. The Morgan fingerprint density at radius 1 is 1.23 bits per heavy atom. The van der Waals surface area contributed by atoms with Gasteiger partial charge in [0.1, 0.15) is 11.5 Å². The van der Waals surface area contributed by atoms with Crippen LogP contribution in [0.25, 0.3) is 10.9 Å². The average molecular weight is 299 g/mol. The molecule has 1 fully saturated rings. The molecule has 2 aliphatic rings. The molecule has 0 aliphatic carbocycles. The maximum Gasteiger partial charge on any atom is 0.222 e. The molecule has 2 aliphatic heterocycles. The number of hydrogen-bond donors (Lipinski definition) is 1. The van der Waals surface area contributed by atoms with Crippen molar-refractivity contribution in [3.8, 4) is 0 Å². The maximum absolute atomic E-state index is 12.7. The largest absolute Gasteiger partial charge is 0.368 e. The van der Waals surface area contributed by atoms with Crippen LogP contribution in [0.2, 0.25) is 0 Å². The number of carbonyl (C=O) groups excluding carboxylic acids is 1. The highest BCUT2D eigenvalue weighted by atomic mass is 16.1. The van der Waals surface area contributed by atoms with E-state index in [4.69, 9.17) is 5.73 Å². The topological polar surface area (TPSA) is 85.0 Å². The number of hydrogen-bond acceptors (Lipinski definition) is 6. The summed E-state index contributed by atoms with van der Waals surface area (Å²) in [7, 11) is 0. The van der Waals surface area contributed by atoms with Gasteiger partial charge in [-0.25, -0.2) is 9.97 Å². The van der Waals surface area contributed by atoms with Crippen LogP contribution < -0.4 is 10.6 Å². The van der Waals surface area contributed by atoms with Gasteiger partial charge >= 0.3 is 0 Å². The molecule has 0 amide bonds. The van der Waals surface area contributed by atoms with Gasteiger partial charge in [-0.3, -0.25) is 4.79 Å². The van der Waals surface area contributed by atoms with Gasteiger partial charge in [-0.05, 0) is 32.3 Å². The van der Waals surface area contributed by atoms with Crippen molar-refractivity contribution in [2.75, 3.05) is 17.2 Å². The van der Waals surface area contributed by atoms with Crippen molar-refractivity contribution in [1.82, 2.24) is 15.0 Å². The Bertz CT molecular complexity index is 738. The van der Waals surface area contributed by atoms with Crippen molar-refractivity contribution in [1.29, 1.82) is 0 Å². The summed E-state index contributed by atoms with van der Waals surface area (Å²) >= 11 is 0. The first kappa shape index (κ1) is 14.7. The number of anilines is 2. The predicted octanol–water partition coefficient (Wildman–Crippen LogP) is 2.50. The summed E-state index contributed by atoms with van der Waals surface area (Å²) in [5, 5.41) is 0.757. The summed E-state index contributed by atoms with van der Waals surface area (Å²) < 4.78 is 0. The number of pyridine rings is 1. The van der Waals surface area contributed by atoms with Gasteiger partial charge in [0.25, 0.3) is 0 Å². The number of aryl methyl sites for hydroxylation is 1. The quantitative estimate of drug-likeness (QED) is 0.804. The Labute approximate surface area is 129 Å². The molecule has 6 nitrogen and oxygen atoms in total. The summed E-state index contributed by atoms with van der Waals surface area (Å²) in [5.41, 5.74) is 7.84. The smallest absolute Gasteiger partial charge is 0.222 e. The molecule has 0 radical (unpaired) electrons. The van der Waals surface area contributed by atoms with Crippen LogP contribution in [0.15, 0.2) is 6.07 Å². The number of fused-ring (bicyclic) bond motifs is 2. The number of carbonyl (C=O) groups is 1. The number of nitrogens with zero attached hydrogens (tertiary/aromatic N) is 4. The van der Waals surface area contributed by atoms with Crippen molar-refractivity contribution >= 4 is 28.5 Å². The normalized spacial score (nSPS) is 19.5. The molecule has 22 heavy (non-hydrogen) atoms. The highest BCUT2D eigenvalue weighted by Gasteiger charge is 2.38. The van der Waals surface area contributed by atoms with E-state index in [1.807, 2.05) is 26.8 Å². The number of ketones is 1. The Kier molecular flexibility index (Phi) is 3.68. The van der Waals surface area contributed by atoms with Crippen LogP contribution in [-0.2, 0) is 0 Å². The first-order chi connectivity index (χ1) is 10.6. The third-order valence-electron chi connectivity index (χ3n) is 4.12. The number of Topliss-reactive ketones (excluding diaryl/α,β-unsaturated/α-hetero) is 1. The molecule has 1 saturated heterocycles. The van der Waals surface area contributed by atoms with Gasteiger partial charge in [0.05, 0.1) is 16.9 Å². The van der Waals surface area contributed by atoms with Gasteiger partial charge in [0.2, 0.25) is 11.7 Å². The van der Waals surface area contributed by atoms with Crippen molar-refractivity contribution in [2.45, 2.75) is 46.1 Å². The molecule has 2 aromatic heterocycles. The van der Waals surface area contributed by atoms with Crippen molar-refractivity contribution < 1.29 is 4.79 Å². The third-order valence-corrected chi connectivity index (χ3v) is 4.12. The molecule has 1 atom stereocenters. The van der Waals surface area contributed by atoms with Crippen molar-refractivity contribution in [3.63, 3.8) is 0 Å². The van der Waals surface area contributed by atoms with E-state index >= 15 is 0 Å². The van der Waals surface area contributed by atoms with E-state index in [1.165, 1.54) is 0 Å². The molecule has 1 unspecified atom stereocenters. The van der Waals surface area contributed by atoms with E-state index < -0.39 is 0 Å². The highest BCUT2D eigenvalue weighted by Crippen LogP contribution is 2.37. The Morgan fingerprint density at radius 2 is 2.00 bits per heavy atom. The molecule has 4 rings (SSSR count). The second-order valence-electron chi connectivity index (χ2n) is 5.48. The van der Waals surface area contributed by atoms with E-state index in [-0.39, 0.29) is 17.8 Å². The minimum Gasteiger partial charge on any atom is -0.368 e. The van der Waals surface area contributed by atoms with Crippen LogP contribution >= 0.6 is 0 Å². The lowest BCUT2D eigenvalue weighted by Gasteiger charge is -2.39. The molecular formula is C16H21N5O. The van der Waals surface area contributed by atoms with Crippen LogP contribution in [-0.4, -0.2) is 33.3 Å². The predicted molar refractivity (Wildman–Crippen MR) is 87.1 cm³/mol. The average Bonchev–Trinajstić information content (AvgIpc) is 2.53. The van der Waals surface area contributed by atoms with Gasteiger partial charge in [-0.2, -0.15) is 4.98 Å². The molecular weight excluding hydrogens is 278 g/mol. The summed E-state index contributed by atoms with van der Waals surface area (Å²) in [6, 6.07) is 1.72.